The first kappa shape index (κ1) is 10.0. The van der Waals surface area contributed by atoms with E-state index in [1.54, 1.807) is 0 Å². The predicted octanol–water partition coefficient (Wildman–Crippen LogP) is 2.49. The van der Waals surface area contributed by atoms with Gasteiger partial charge in [-0.05, 0) is 37.9 Å². The van der Waals surface area contributed by atoms with Crippen LogP contribution in [0.1, 0.15) is 35.2 Å². The van der Waals surface area contributed by atoms with Crippen LogP contribution in [0.15, 0.2) is 24.3 Å². The smallest absolute Gasteiger partial charge is 0.165 e. The van der Waals surface area contributed by atoms with Crippen molar-refractivity contribution in [1.82, 2.24) is 4.90 Å². The fourth-order valence-electron chi connectivity index (χ4n) is 2.15. The molecule has 0 radical (unpaired) electrons. The van der Waals surface area contributed by atoms with Crippen LogP contribution in [0.4, 0.5) is 0 Å². The molecule has 1 saturated heterocycles. The molecule has 1 aromatic carbocycles. The highest BCUT2D eigenvalue weighted by Crippen LogP contribution is 2.32. The van der Waals surface area contributed by atoms with Crippen LogP contribution in [-0.2, 0) is 6.54 Å². The van der Waals surface area contributed by atoms with Gasteiger partial charge in [0, 0.05) is 18.0 Å². The van der Waals surface area contributed by atoms with Crippen LogP contribution in [0.3, 0.4) is 0 Å². The molecule has 1 saturated carbocycles. The first-order valence-corrected chi connectivity index (χ1v) is 6.18. The third-order valence-corrected chi connectivity index (χ3v) is 3.54. The van der Waals surface area contributed by atoms with Crippen LogP contribution >= 0.6 is 0 Å². The third-order valence-electron chi connectivity index (χ3n) is 3.54. The molecule has 1 aromatic rings. The Morgan fingerprint density at radius 2 is 1.88 bits per heavy atom. The van der Waals surface area contributed by atoms with Gasteiger partial charge in [0.2, 0.25) is 0 Å². The molecule has 2 aliphatic rings. The lowest BCUT2D eigenvalue weighted by Crippen LogP contribution is -2.36. The van der Waals surface area contributed by atoms with E-state index in [1.165, 1.54) is 25.1 Å². The van der Waals surface area contributed by atoms with Crippen molar-refractivity contribution in [3.05, 3.63) is 35.4 Å². The summed E-state index contributed by atoms with van der Waals surface area (Å²) in [5.74, 6) is 0.678. The van der Waals surface area contributed by atoms with Crippen molar-refractivity contribution in [3.63, 3.8) is 0 Å². The first-order valence-electron chi connectivity index (χ1n) is 6.18. The third kappa shape index (κ3) is 2.03. The molecule has 2 fully saturated rings. The summed E-state index contributed by atoms with van der Waals surface area (Å²) >= 11 is 0. The lowest BCUT2D eigenvalue weighted by Gasteiger charge is -2.30. The highest BCUT2D eigenvalue weighted by molar-refractivity contribution is 5.99. The summed E-state index contributed by atoms with van der Waals surface area (Å²) in [6.07, 6.45) is 3.51. The predicted molar refractivity (Wildman–Crippen MR) is 63.4 cm³/mol. The number of hydrogen-bond acceptors (Lipinski definition) is 2. The van der Waals surface area contributed by atoms with Crippen molar-refractivity contribution in [1.29, 1.82) is 0 Å². The van der Waals surface area contributed by atoms with Gasteiger partial charge in [-0.2, -0.15) is 0 Å². The summed E-state index contributed by atoms with van der Waals surface area (Å²) in [7, 11) is 0. The average molecular weight is 215 g/mol. The first-order chi connectivity index (χ1) is 7.83. The zero-order chi connectivity index (χ0) is 11.0. The molecule has 2 heteroatoms. The van der Waals surface area contributed by atoms with Crippen LogP contribution in [0.25, 0.3) is 0 Å². The molecule has 0 spiro atoms. The maximum atomic E-state index is 11.8. The van der Waals surface area contributed by atoms with Crippen molar-refractivity contribution >= 4 is 5.78 Å². The number of rotatable bonds is 4. The summed E-state index contributed by atoms with van der Waals surface area (Å²) in [6.45, 7) is 3.49. The Labute approximate surface area is 96.3 Å². The monoisotopic (exact) mass is 215 g/mol. The van der Waals surface area contributed by atoms with Crippen molar-refractivity contribution in [2.24, 2.45) is 5.92 Å². The lowest BCUT2D eigenvalue weighted by molar-refractivity contribution is 0.0967. The number of benzene rings is 1. The molecular formula is C14H17NO. The van der Waals surface area contributed by atoms with Gasteiger partial charge in [-0.25, -0.2) is 0 Å². The highest BCUT2D eigenvalue weighted by atomic mass is 16.1. The van der Waals surface area contributed by atoms with E-state index in [0.717, 1.165) is 24.9 Å². The Morgan fingerprint density at radius 3 is 2.38 bits per heavy atom. The largest absolute Gasteiger partial charge is 0.299 e. The summed E-state index contributed by atoms with van der Waals surface area (Å²) < 4.78 is 0. The number of Topliss-reactive ketones (excluding diaryl/α,β-unsaturated/α-hetero) is 1. The Morgan fingerprint density at radius 1 is 1.19 bits per heavy atom. The molecule has 2 nitrogen and oxygen atoms in total. The van der Waals surface area contributed by atoms with Gasteiger partial charge in [0.05, 0.1) is 0 Å². The second-order valence-corrected chi connectivity index (χ2v) is 4.97. The van der Waals surface area contributed by atoms with E-state index in [2.05, 4.69) is 17.0 Å². The number of ketones is 1. The SMILES string of the molecule is O=C(c1ccc(CN2CCC2)cc1)C1CC1. The van der Waals surface area contributed by atoms with Crippen LogP contribution in [0.5, 0.6) is 0 Å². The van der Waals surface area contributed by atoms with Gasteiger partial charge in [0.1, 0.15) is 0 Å². The van der Waals surface area contributed by atoms with Crippen LogP contribution in [-0.4, -0.2) is 23.8 Å². The Hall–Kier alpha value is -1.15. The number of nitrogens with zero attached hydrogens (tertiary/aromatic N) is 1. The molecule has 0 N–H and O–H groups in total. The lowest BCUT2D eigenvalue weighted by atomic mass is 10.0. The van der Waals surface area contributed by atoms with Crippen molar-refractivity contribution in [3.8, 4) is 0 Å². The molecule has 84 valence electrons. The number of carbonyl (C=O) groups is 1. The summed E-state index contributed by atoms with van der Waals surface area (Å²) in [5.41, 5.74) is 2.22. The van der Waals surface area contributed by atoms with Gasteiger partial charge in [-0.15, -0.1) is 0 Å². The Balaban J connectivity index is 1.66. The van der Waals surface area contributed by atoms with Crippen LogP contribution in [0.2, 0.25) is 0 Å². The summed E-state index contributed by atoms with van der Waals surface area (Å²) in [4.78, 5) is 14.2. The maximum absolute atomic E-state index is 11.8. The highest BCUT2D eigenvalue weighted by Gasteiger charge is 2.30. The molecule has 0 amide bonds. The quantitative estimate of drug-likeness (QED) is 0.719. The molecule has 1 heterocycles. The fourth-order valence-corrected chi connectivity index (χ4v) is 2.15. The van der Waals surface area contributed by atoms with Gasteiger partial charge >= 0.3 is 0 Å². The zero-order valence-electron chi connectivity index (χ0n) is 9.48. The molecule has 0 atom stereocenters. The molecular weight excluding hydrogens is 198 g/mol. The minimum Gasteiger partial charge on any atom is -0.299 e. The second-order valence-electron chi connectivity index (χ2n) is 4.97. The fraction of sp³-hybridized carbons (Fsp3) is 0.500. The van der Waals surface area contributed by atoms with Crippen LogP contribution < -0.4 is 0 Å². The molecule has 16 heavy (non-hydrogen) atoms. The summed E-state index contributed by atoms with van der Waals surface area (Å²) in [5, 5.41) is 0. The topological polar surface area (TPSA) is 20.3 Å². The molecule has 0 bridgehead atoms. The van der Waals surface area contributed by atoms with Crippen LogP contribution in [0, 0.1) is 5.92 Å². The van der Waals surface area contributed by atoms with Crippen molar-refractivity contribution in [2.75, 3.05) is 13.1 Å². The molecule has 1 aliphatic heterocycles. The number of hydrogen-bond donors (Lipinski definition) is 0. The minimum absolute atomic E-state index is 0.334. The normalized spacial score (nSPS) is 20.5. The van der Waals surface area contributed by atoms with Gasteiger partial charge in [0.25, 0.3) is 0 Å². The van der Waals surface area contributed by atoms with E-state index in [9.17, 15) is 4.79 Å². The van der Waals surface area contributed by atoms with E-state index in [4.69, 9.17) is 0 Å². The van der Waals surface area contributed by atoms with Crippen molar-refractivity contribution < 1.29 is 4.79 Å². The van der Waals surface area contributed by atoms with E-state index >= 15 is 0 Å². The molecule has 0 unspecified atom stereocenters. The van der Waals surface area contributed by atoms with Gasteiger partial charge < -0.3 is 0 Å². The standard InChI is InChI=1S/C14H17NO/c16-14(13-6-7-13)12-4-2-11(3-5-12)10-15-8-1-9-15/h2-5,13H,1,6-10H2. The molecule has 1 aliphatic carbocycles. The van der Waals surface area contributed by atoms with E-state index < -0.39 is 0 Å². The van der Waals surface area contributed by atoms with Gasteiger partial charge in [-0.3, -0.25) is 9.69 Å². The van der Waals surface area contributed by atoms with Gasteiger partial charge in [-0.1, -0.05) is 24.3 Å². The number of likely N-dealkylation sites (tertiary alicyclic amines) is 1. The maximum Gasteiger partial charge on any atom is 0.165 e. The van der Waals surface area contributed by atoms with Crippen molar-refractivity contribution in [2.45, 2.75) is 25.8 Å². The average Bonchev–Trinajstić information content (AvgIpc) is 3.07. The molecule has 0 aromatic heterocycles. The summed E-state index contributed by atoms with van der Waals surface area (Å²) in [6, 6.07) is 8.20. The van der Waals surface area contributed by atoms with E-state index in [1.807, 2.05) is 12.1 Å². The Kier molecular flexibility index (Phi) is 2.52. The zero-order valence-corrected chi connectivity index (χ0v) is 9.48. The molecule has 3 rings (SSSR count). The Bertz CT molecular complexity index is 388. The minimum atomic E-state index is 0.334. The second kappa shape index (κ2) is 4.02. The van der Waals surface area contributed by atoms with Gasteiger partial charge in [0.15, 0.2) is 5.78 Å². The van der Waals surface area contributed by atoms with E-state index in [-0.39, 0.29) is 0 Å². The number of carbonyl (C=O) groups excluding carboxylic acids is 1. The van der Waals surface area contributed by atoms with E-state index in [0.29, 0.717) is 11.7 Å².